The molecule has 1 fully saturated rings. The van der Waals surface area contributed by atoms with Crippen molar-refractivity contribution in [3.8, 4) is 0 Å². The van der Waals surface area contributed by atoms with Crippen LogP contribution < -0.4 is 10.6 Å². The summed E-state index contributed by atoms with van der Waals surface area (Å²) in [6, 6.07) is 0.0247. The van der Waals surface area contributed by atoms with Gasteiger partial charge in [0.05, 0.1) is 16.7 Å². The van der Waals surface area contributed by atoms with Gasteiger partial charge in [-0.15, -0.1) is 23.7 Å². The highest BCUT2D eigenvalue weighted by atomic mass is 35.5. The minimum Gasteiger partial charge on any atom is -0.354 e. The number of aryl methyl sites for hydroxylation is 1. The molecular formula is C12H20ClN3OS. The Kier molecular flexibility index (Phi) is 6.60. The molecule has 0 radical (unpaired) electrons. The number of hydrogen-bond donors (Lipinski definition) is 2. The molecule has 0 saturated carbocycles. The summed E-state index contributed by atoms with van der Waals surface area (Å²) in [4.78, 5) is 16.2. The Morgan fingerprint density at radius 2 is 2.50 bits per heavy atom. The summed E-state index contributed by atoms with van der Waals surface area (Å²) in [6.45, 7) is 3.75. The van der Waals surface area contributed by atoms with Crippen molar-refractivity contribution in [1.29, 1.82) is 0 Å². The van der Waals surface area contributed by atoms with E-state index < -0.39 is 0 Å². The predicted molar refractivity (Wildman–Crippen MR) is 76.5 cm³/mol. The molecule has 0 unspecified atom stereocenters. The lowest BCUT2D eigenvalue weighted by atomic mass is 10.2. The molecule has 1 atom stereocenters. The van der Waals surface area contributed by atoms with Crippen LogP contribution in [0.2, 0.25) is 0 Å². The first-order chi connectivity index (χ1) is 8.29. The van der Waals surface area contributed by atoms with E-state index in [4.69, 9.17) is 0 Å². The third-order valence-electron chi connectivity index (χ3n) is 2.96. The molecular weight excluding hydrogens is 270 g/mol. The highest BCUT2D eigenvalue weighted by Crippen LogP contribution is 2.10. The Morgan fingerprint density at radius 3 is 3.11 bits per heavy atom. The summed E-state index contributed by atoms with van der Waals surface area (Å²) in [5, 5.41) is 9.41. The number of carbonyl (C=O) groups is 1. The van der Waals surface area contributed by atoms with Gasteiger partial charge in [0.15, 0.2) is 0 Å². The molecule has 2 rings (SSSR count). The molecule has 0 spiro atoms. The zero-order chi connectivity index (χ0) is 12.1. The topological polar surface area (TPSA) is 54.0 Å². The molecule has 2 heterocycles. The van der Waals surface area contributed by atoms with Crippen LogP contribution in [0.25, 0.3) is 0 Å². The first-order valence-corrected chi connectivity index (χ1v) is 7.12. The standard InChI is InChI=1S/C12H19N3OS.ClH/c1-2-11-15-9(8-17-11)5-7-14-12(16)10-4-3-6-13-10;/h8,10,13H,2-7H2,1H3,(H,14,16);1H/t10-;/m0./s1. The first-order valence-electron chi connectivity index (χ1n) is 6.24. The van der Waals surface area contributed by atoms with Crippen molar-refractivity contribution < 1.29 is 4.79 Å². The molecule has 1 aliphatic heterocycles. The molecule has 1 aromatic rings. The lowest BCUT2D eigenvalue weighted by Crippen LogP contribution is -2.41. The van der Waals surface area contributed by atoms with Crippen molar-refractivity contribution in [2.75, 3.05) is 13.1 Å². The molecule has 1 aliphatic rings. The van der Waals surface area contributed by atoms with E-state index in [9.17, 15) is 4.79 Å². The minimum atomic E-state index is 0. The number of hydrogen-bond acceptors (Lipinski definition) is 4. The van der Waals surface area contributed by atoms with Gasteiger partial charge in [-0.25, -0.2) is 4.98 Å². The van der Waals surface area contributed by atoms with E-state index in [1.54, 1.807) is 11.3 Å². The Morgan fingerprint density at radius 1 is 1.67 bits per heavy atom. The number of carbonyl (C=O) groups excluding carboxylic acids is 1. The Hall–Kier alpha value is -0.650. The normalized spacial score (nSPS) is 18.4. The molecule has 6 heteroatoms. The zero-order valence-electron chi connectivity index (χ0n) is 10.6. The van der Waals surface area contributed by atoms with Crippen LogP contribution in [0.5, 0.6) is 0 Å². The van der Waals surface area contributed by atoms with Crippen molar-refractivity contribution in [3.05, 3.63) is 16.1 Å². The minimum absolute atomic E-state index is 0. The molecule has 0 aromatic carbocycles. The van der Waals surface area contributed by atoms with Gasteiger partial charge in [0.2, 0.25) is 5.91 Å². The second-order valence-electron chi connectivity index (χ2n) is 4.28. The van der Waals surface area contributed by atoms with E-state index in [0.29, 0.717) is 6.54 Å². The number of nitrogens with one attached hydrogen (secondary N) is 2. The summed E-state index contributed by atoms with van der Waals surface area (Å²) >= 11 is 1.70. The van der Waals surface area contributed by atoms with Crippen LogP contribution in [0.1, 0.15) is 30.5 Å². The average molecular weight is 290 g/mol. The predicted octanol–water partition coefficient (Wildman–Crippen LogP) is 1.54. The lowest BCUT2D eigenvalue weighted by Gasteiger charge is -2.10. The fraction of sp³-hybridized carbons (Fsp3) is 0.667. The van der Waals surface area contributed by atoms with Gasteiger partial charge < -0.3 is 10.6 Å². The highest BCUT2D eigenvalue weighted by Gasteiger charge is 2.21. The second-order valence-corrected chi connectivity index (χ2v) is 5.22. The van der Waals surface area contributed by atoms with Gasteiger partial charge in [-0.05, 0) is 25.8 Å². The summed E-state index contributed by atoms with van der Waals surface area (Å²) in [7, 11) is 0. The van der Waals surface area contributed by atoms with Crippen molar-refractivity contribution in [3.63, 3.8) is 0 Å². The van der Waals surface area contributed by atoms with Gasteiger partial charge in [0.1, 0.15) is 0 Å². The second kappa shape index (κ2) is 7.71. The Bertz CT molecular complexity index is 377. The van der Waals surface area contributed by atoms with Crippen LogP contribution in [0.4, 0.5) is 0 Å². The number of nitrogens with zero attached hydrogens (tertiary/aromatic N) is 1. The van der Waals surface area contributed by atoms with E-state index in [0.717, 1.165) is 37.9 Å². The first kappa shape index (κ1) is 15.4. The number of thiazole rings is 1. The maximum atomic E-state index is 11.7. The van der Waals surface area contributed by atoms with E-state index >= 15 is 0 Å². The molecule has 18 heavy (non-hydrogen) atoms. The molecule has 0 bridgehead atoms. The van der Waals surface area contributed by atoms with Crippen LogP contribution in [-0.2, 0) is 17.6 Å². The highest BCUT2D eigenvalue weighted by molar-refractivity contribution is 7.09. The maximum Gasteiger partial charge on any atom is 0.237 e. The lowest BCUT2D eigenvalue weighted by molar-refractivity contribution is -0.122. The Labute approximate surface area is 118 Å². The fourth-order valence-corrected chi connectivity index (χ4v) is 2.75. The number of amides is 1. The monoisotopic (exact) mass is 289 g/mol. The third kappa shape index (κ3) is 4.23. The Balaban J connectivity index is 0.00000162. The molecule has 1 aromatic heterocycles. The summed E-state index contributed by atoms with van der Waals surface area (Å²) in [6.07, 6.45) is 3.88. The van der Waals surface area contributed by atoms with Crippen molar-refractivity contribution in [2.45, 2.75) is 38.6 Å². The molecule has 102 valence electrons. The molecule has 0 aliphatic carbocycles. The number of halogens is 1. The van der Waals surface area contributed by atoms with Gasteiger partial charge in [0, 0.05) is 18.3 Å². The number of aromatic nitrogens is 1. The van der Waals surface area contributed by atoms with Gasteiger partial charge in [-0.2, -0.15) is 0 Å². The zero-order valence-corrected chi connectivity index (χ0v) is 12.2. The van der Waals surface area contributed by atoms with Gasteiger partial charge >= 0.3 is 0 Å². The molecule has 1 amide bonds. The smallest absolute Gasteiger partial charge is 0.237 e. The maximum absolute atomic E-state index is 11.7. The molecule has 1 saturated heterocycles. The SMILES string of the molecule is CCc1nc(CCNC(=O)[C@@H]2CCCN2)cs1.Cl. The quantitative estimate of drug-likeness (QED) is 0.864. The van der Waals surface area contributed by atoms with Crippen LogP contribution in [-0.4, -0.2) is 30.0 Å². The van der Waals surface area contributed by atoms with Crippen molar-refractivity contribution in [1.82, 2.24) is 15.6 Å². The fourth-order valence-electron chi connectivity index (χ4n) is 1.97. The van der Waals surface area contributed by atoms with E-state index in [2.05, 4.69) is 27.9 Å². The number of rotatable bonds is 5. The van der Waals surface area contributed by atoms with Crippen LogP contribution >= 0.6 is 23.7 Å². The molecule has 2 N–H and O–H groups in total. The van der Waals surface area contributed by atoms with Crippen LogP contribution in [0.3, 0.4) is 0 Å². The average Bonchev–Trinajstić information content (AvgIpc) is 3.00. The van der Waals surface area contributed by atoms with Crippen molar-refractivity contribution in [2.24, 2.45) is 0 Å². The largest absolute Gasteiger partial charge is 0.354 e. The van der Waals surface area contributed by atoms with E-state index in [-0.39, 0.29) is 24.4 Å². The van der Waals surface area contributed by atoms with Crippen molar-refractivity contribution >= 4 is 29.7 Å². The van der Waals surface area contributed by atoms with Gasteiger partial charge in [0.25, 0.3) is 0 Å². The van der Waals surface area contributed by atoms with E-state index in [1.807, 2.05) is 0 Å². The third-order valence-corrected chi connectivity index (χ3v) is 4.00. The van der Waals surface area contributed by atoms with E-state index in [1.165, 1.54) is 5.01 Å². The van der Waals surface area contributed by atoms with Crippen LogP contribution in [0, 0.1) is 0 Å². The summed E-state index contributed by atoms with van der Waals surface area (Å²) in [5.74, 6) is 0.133. The van der Waals surface area contributed by atoms with Crippen LogP contribution in [0.15, 0.2) is 5.38 Å². The summed E-state index contributed by atoms with van der Waals surface area (Å²) < 4.78 is 0. The summed E-state index contributed by atoms with van der Waals surface area (Å²) in [5.41, 5.74) is 1.09. The molecule has 4 nitrogen and oxygen atoms in total. The van der Waals surface area contributed by atoms with Gasteiger partial charge in [-0.3, -0.25) is 4.79 Å². The van der Waals surface area contributed by atoms with Gasteiger partial charge in [-0.1, -0.05) is 6.92 Å².